The fourth-order valence-electron chi connectivity index (χ4n) is 8.11. The van der Waals surface area contributed by atoms with Crippen LogP contribution in [0.5, 0.6) is 0 Å². The third-order valence-electron chi connectivity index (χ3n) is 9.73. The van der Waals surface area contributed by atoms with Crippen molar-refractivity contribution >= 4 is 22.5 Å². The lowest BCUT2D eigenvalue weighted by Gasteiger charge is -2.60. The molecule has 3 saturated carbocycles. The van der Waals surface area contributed by atoms with Crippen LogP contribution in [0.2, 0.25) is 0 Å². The molecule has 0 aliphatic heterocycles. The zero-order valence-electron chi connectivity index (χ0n) is 17.7. The molecular weight excluding hydrogens is 356 g/mol. The van der Waals surface area contributed by atoms with Crippen molar-refractivity contribution in [1.29, 1.82) is 0 Å². The number of ketones is 1. The van der Waals surface area contributed by atoms with E-state index in [1.54, 1.807) is 0 Å². The zero-order valence-corrected chi connectivity index (χ0v) is 17.7. The lowest BCUT2D eigenvalue weighted by molar-refractivity contribution is -0.136. The van der Waals surface area contributed by atoms with E-state index in [1.165, 1.54) is 43.3 Å². The molecule has 2 aromatic rings. The Morgan fingerprint density at radius 2 is 1.93 bits per heavy atom. The lowest BCUT2D eigenvalue weighted by atomic mass is 9.45. The van der Waals surface area contributed by atoms with Crippen LogP contribution in [0.25, 0.3) is 16.7 Å². The Balaban J connectivity index is 1.34. The molecule has 152 valence electrons. The normalized spacial score (nSPS) is 41.6. The quantitative estimate of drug-likeness (QED) is 0.592. The molecule has 1 aromatic carbocycles. The van der Waals surface area contributed by atoms with Gasteiger partial charge in [0.2, 0.25) is 0 Å². The molecule has 3 unspecified atom stereocenters. The number of benzene rings is 1. The first-order valence-corrected chi connectivity index (χ1v) is 11.7. The number of hydrogen-bond acceptors (Lipinski definition) is 2. The summed E-state index contributed by atoms with van der Waals surface area (Å²) in [6.07, 6.45) is 13.8. The molecule has 0 amide bonds. The molecule has 4 aliphatic carbocycles. The van der Waals surface area contributed by atoms with Crippen molar-refractivity contribution in [3.63, 3.8) is 0 Å². The van der Waals surface area contributed by atoms with Gasteiger partial charge in [0.25, 0.3) is 0 Å². The summed E-state index contributed by atoms with van der Waals surface area (Å²) >= 11 is 0. The highest BCUT2D eigenvalue weighted by Gasteiger charge is 2.58. The Morgan fingerprint density at radius 3 is 2.83 bits per heavy atom. The molecule has 29 heavy (non-hydrogen) atoms. The van der Waals surface area contributed by atoms with Gasteiger partial charge in [-0.2, -0.15) is 0 Å². The monoisotopic (exact) mass is 388 g/mol. The third kappa shape index (κ3) is 2.36. The highest BCUT2D eigenvalue weighted by atomic mass is 16.1. The Morgan fingerprint density at radius 1 is 1.07 bits per heavy atom. The molecular formula is C26H32N2O. The first-order valence-electron chi connectivity index (χ1n) is 11.7. The van der Waals surface area contributed by atoms with Gasteiger partial charge in [0.05, 0.1) is 11.0 Å². The van der Waals surface area contributed by atoms with Crippen LogP contribution in [-0.2, 0) is 4.79 Å². The maximum atomic E-state index is 12.1. The van der Waals surface area contributed by atoms with E-state index in [2.05, 4.69) is 53.7 Å². The minimum Gasteiger partial charge on any atom is -0.302 e. The molecule has 0 spiro atoms. The summed E-state index contributed by atoms with van der Waals surface area (Å²) in [6.45, 7) is 5.07. The Labute approximate surface area is 173 Å². The van der Waals surface area contributed by atoms with Crippen molar-refractivity contribution in [1.82, 2.24) is 9.55 Å². The van der Waals surface area contributed by atoms with Gasteiger partial charge in [-0.1, -0.05) is 32.1 Å². The van der Waals surface area contributed by atoms with E-state index in [0.717, 1.165) is 42.5 Å². The number of nitrogens with zero attached hydrogens (tertiary/aromatic N) is 2. The van der Waals surface area contributed by atoms with Crippen LogP contribution in [0.15, 0.2) is 36.7 Å². The second-order valence-corrected chi connectivity index (χ2v) is 10.8. The van der Waals surface area contributed by atoms with Gasteiger partial charge in [0.15, 0.2) is 0 Å². The number of carbonyl (C=O) groups excluding carboxylic acids is 1. The summed E-state index contributed by atoms with van der Waals surface area (Å²) in [5.41, 5.74) is 4.46. The minimum absolute atomic E-state index is 0.248. The highest BCUT2D eigenvalue weighted by Crippen LogP contribution is 2.66. The van der Waals surface area contributed by atoms with Crippen molar-refractivity contribution in [3.05, 3.63) is 36.7 Å². The van der Waals surface area contributed by atoms with Crippen molar-refractivity contribution in [2.75, 3.05) is 0 Å². The molecule has 0 N–H and O–H groups in total. The van der Waals surface area contributed by atoms with E-state index in [-0.39, 0.29) is 5.41 Å². The Kier molecular flexibility index (Phi) is 3.74. The van der Waals surface area contributed by atoms with Gasteiger partial charge in [-0.25, -0.2) is 4.98 Å². The number of aromatic nitrogens is 2. The molecule has 0 bridgehead atoms. The molecule has 3 heteroatoms. The van der Waals surface area contributed by atoms with Gasteiger partial charge in [-0.05, 0) is 79.7 Å². The van der Waals surface area contributed by atoms with E-state index < -0.39 is 0 Å². The SMILES string of the molecule is C[C@]12CCC3C(CC[C@H]4CC(=O)CC[C@]34C)C1CC=C2n1cnc2ccccc21. The topological polar surface area (TPSA) is 34.9 Å². The standard InChI is InChI=1S/C26H32N2O/c1-25-13-11-18(29)15-17(25)7-8-19-20-9-10-24(26(20,2)14-12-21(19)25)28-16-27-22-5-3-4-6-23(22)28/h3-6,10,16-17,19-21H,7-9,11-15H2,1-2H3/t17-,19?,20?,21?,25-,26-/m0/s1. The zero-order chi connectivity index (χ0) is 19.8. The number of para-hydroxylation sites is 2. The Hall–Kier alpha value is -1.90. The maximum absolute atomic E-state index is 12.1. The Bertz CT molecular complexity index is 1020. The minimum atomic E-state index is 0.248. The van der Waals surface area contributed by atoms with Crippen molar-refractivity contribution in [3.8, 4) is 0 Å². The fourth-order valence-corrected chi connectivity index (χ4v) is 8.11. The van der Waals surface area contributed by atoms with Crippen LogP contribution < -0.4 is 0 Å². The highest BCUT2D eigenvalue weighted by molar-refractivity contribution is 5.80. The molecule has 3 fully saturated rings. The summed E-state index contributed by atoms with van der Waals surface area (Å²) in [7, 11) is 0. The van der Waals surface area contributed by atoms with Gasteiger partial charge < -0.3 is 4.57 Å². The molecule has 3 nitrogen and oxygen atoms in total. The van der Waals surface area contributed by atoms with Crippen molar-refractivity contribution in [2.24, 2.45) is 34.5 Å². The van der Waals surface area contributed by atoms with Crippen molar-refractivity contribution in [2.45, 2.75) is 65.2 Å². The molecule has 6 rings (SSSR count). The smallest absolute Gasteiger partial charge is 0.133 e. The first kappa shape index (κ1) is 17.9. The third-order valence-corrected chi connectivity index (χ3v) is 9.73. The van der Waals surface area contributed by atoms with Crippen LogP contribution in [0.4, 0.5) is 0 Å². The van der Waals surface area contributed by atoms with Crippen molar-refractivity contribution < 1.29 is 4.79 Å². The second kappa shape index (κ2) is 6.06. The van der Waals surface area contributed by atoms with Crippen LogP contribution in [0.1, 0.15) is 65.2 Å². The summed E-state index contributed by atoms with van der Waals surface area (Å²) < 4.78 is 2.38. The first-order chi connectivity index (χ1) is 14.0. The van der Waals surface area contributed by atoms with E-state index >= 15 is 0 Å². The summed E-state index contributed by atoms with van der Waals surface area (Å²) in [5, 5.41) is 0. The number of allylic oxidation sites excluding steroid dienone is 2. The lowest BCUT2D eigenvalue weighted by Crippen LogP contribution is -2.53. The van der Waals surface area contributed by atoms with Crippen LogP contribution in [0.3, 0.4) is 0 Å². The van der Waals surface area contributed by atoms with Crippen LogP contribution >= 0.6 is 0 Å². The predicted molar refractivity (Wildman–Crippen MR) is 116 cm³/mol. The number of Topliss-reactive ketones (excluding diaryl/α,β-unsaturated/α-hetero) is 1. The van der Waals surface area contributed by atoms with Gasteiger partial charge in [-0.15, -0.1) is 0 Å². The van der Waals surface area contributed by atoms with Gasteiger partial charge >= 0.3 is 0 Å². The average molecular weight is 389 g/mol. The number of fused-ring (bicyclic) bond motifs is 6. The summed E-state index contributed by atoms with van der Waals surface area (Å²) in [6, 6.07) is 8.52. The number of hydrogen-bond donors (Lipinski definition) is 0. The number of imidazole rings is 1. The van der Waals surface area contributed by atoms with Crippen LogP contribution in [0, 0.1) is 34.5 Å². The summed E-state index contributed by atoms with van der Waals surface area (Å²) in [5.74, 6) is 3.52. The number of rotatable bonds is 1. The second-order valence-electron chi connectivity index (χ2n) is 10.8. The largest absolute Gasteiger partial charge is 0.302 e. The van der Waals surface area contributed by atoms with E-state index in [4.69, 9.17) is 0 Å². The van der Waals surface area contributed by atoms with Gasteiger partial charge in [0.1, 0.15) is 12.1 Å². The summed E-state index contributed by atoms with van der Waals surface area (Å²) in [4.78, 5) is 16.8. The average Bonchev–Trinajstić information content (AvgIpc) is 3.29. The fraction of sp³-hybridized carbons (Fsp3) is 0.615. The van der Waals surface area contributed by atoms with Crippen LogP contribution in [-0.4, -0.2) is 15.3 Å². The maximum Gasteiger partial charge on any atom is 0.133 e. The number of carbonyl (C=O) groups is 1. The molecule has 0 saturated heterocycles. The molecule has 4 aliphatic rings. The molecule has 6 atom stereocenters. The van der Waals surface area contributed by atoms with E-state index in [9.17, 15) is 4.79 Å². The van der Waals surface area contributed by atoms with Gasteiger partial charge in [0, 0.05) is 24.0 Å². The molecule has 1 aromatic heterocycles. The molecule has 0 radical (unpaired) electrons. The van der Waals surface area contributed by atoms with Gasteiger partial charge in [-0.3, -0.25) is 4.79 Å². The predicted octanol–water partition coefficient (Wildman–Crippen LogP) is 6.10. The van der Waals surface area contributed by atoms with E-state index in [0.29, 0.717) is 17.1 Å². The van der Waals surface area contributed by atoms with E-state index in [1.807, 2.05) is 6.33 Å². The molecule has 1 heterocycles.